The first-order valence-electron chi connectivity index (χ1n) is 6.60. The molecule has 0 aliphatic carbocycles. The van der Waals surface area contributed by atoms with Gasteiger partial charge >= 0.3 is 0 Å². The van der Waals surface area contributed by atoms with Gasteiger partial charge in [-0.2, -0.15) is 0 Å². The number of nitrogens with one attached hydrogen (secondary N) is 1. The van der Waals surface area contributed by atoms with Crippen molar-refractivity contribution in [2.75, 3.05) is 7.11 Å². The Balaban J connectivity index is 2.53. The van der Waals surface area contributed by atoms with Crippen molar-refractivity contribution in [1.29, 1.82) is 0 Å². The van der Waals surface area contributed by atoms with Crippen LogP contribution in [0.4, 0.5) is 0 Å². The van der Waals surface area contributed by atoms with Crippen molar-refractivity contribution >= 4 is 0 Å². The second-order valence-electron chi connectivity index (χ2n) is 6.82. The van der Waals surface area contributed by atoms with Crippen LogP contribution in [-0.2, 0) is 6.54 Å². The normalized spacial score (nSPS) is 12.6. The van der Waals surface area contributed by atoms with Gasteiger partial charge in [-0.05, 0) is 43.4 Å². The highest BCUT2D eigenvalue weighted by Gasteiger charge is 2.24. The summed E-state index contributed by atoms with van der Waals surface area (Å²) < 4.78 is 5.16. The van der Waals surface area contributed by atoms with Gasteiger partial charge in [0.2, 0.25) is 0 Å². The predicted octanol–water partition coefficient (Wildman–Crippen LogP) is 4.00. The van der Waals surface area contributed by atoms with Crippen LogP contribution in [0, 0.1) is 5.41 Å². The summed E-state index contributed by atoms with van der Waals surface area (Å²) >= 11 is 0. The topological polar surface area (TPSA) is 21.3 Å². The lowest BCUT2D eigenvalue weighted by atomic mass is 9.82. The third-order valence-electron chi connectivity index (χ3n) is 2.90. The fourth-order valence-electron chi connectivity index (χ4n) is 2.47. The van der Waals surface area contributed by atoms with Gasteiger partial charge in [-0.25, -0.2) is 0 Å². The lowest BCUT2D eigenvalue weighted by Crippen LogP contribution is -2.41. The highest BCUT2D eigenvalue weighted by atomic mass is 16.5. The molecule has 0 aliphatic rings. The lowest BCUT2D eigenvalue weighted by Gasteiger charge is -2.33. The van der Waals surface area contributed by atoms with E-state index in [-0.39, 0.29) is 5.54 Å². The smallest absolute Gasteiger partial charge is 0.118 e. The summed E-state index contributed by atoms with van der Waals surface area (Å²) in [7, 11) is 1.69. The van der Waals surface area contributed by atoms with Gasteiger partial charge in [-0.1, -0.05) is 32.9 Å². The van der Waals surface area contributed by atoms with E-state index in [0.717, 1.165) is 18.7 Å². The summed E-state index contributed by atoms with van der Waals surface area (Å²) in [5.41, 5.74) is 1.78. The van der Waals surface area contributed by atoms with Gasteiger partial charge in [-0.15, -0.1) is 0 Å². The Kier molecular flexibility index (Phi) is 4.80. The average Bonchev–Trinajstić information content (AvgIpc) is 2.24. The Labute approximate surface area is 112 Å². The summed E-state index contributed by atoms with van der Waals surface area (Å²) in [5, 5.41) is 3.63. The van der Waals surface area contributed by atoms with E-state index >= 15 is 0 Å². The first-order valence-corrected chi connectivity index (χ1v) is 6.60. The predicted molar refractivity (Wildman–Crippen MR) is 78.0 cm³/mol. The molecule has 0 spiro atoms. The molecule has 1 aromatic carbocycles. The van der Waals surface area contributed by atoms with Crippen molar-refractivity contribution in [3.63, 3.8) is 0 Å². The molecule has 0 heterocycles. The minimum atomic E-state index is 0.151. The third-order valence-corrected chi connectivity index (χ3v) is 2.90. The molecule has 0 unspecified atom stereocenters. The quantitative estimate of drug-likeness (QED) is 0.851. The third kappa shape index (κ3) is 5.54. The van der Waals surface area contributed by atoms with Gasteiger partial charge in [0.05, 0.1) is 7.11 Å². The molecule has 2 heteroatoms. The Morgan fingerprint density at radius 2 is 1.56 bits per heavy atom. The van der Waals surface area contributed by atoms with Crippen LogP contribution in [0.3, 0.4) is 0 Å². The number of hydrogen-bond donors (Lipinski definition) is 1. The molecule has 1 N–H and O–H groups in total. The molecule has 102 valence electrons. The molecule has 1 rings (SSSR count). The molecule has 0 saturated carbocycles. The van der Waals surface area contributed by atoms with E-state index in [1.807, 2.05) is 12.1 Å². The summed E-state index contributed by atoms with van der Waals surface area (Å²) in [5.74, 6) is 0.910. The summed E-state index contributed by atoms with van der Waals surface area (Å²) in [6.45, 7) is 12.3. The van der Waals surface area contributed by atoms with Crippen molar-refractivity contribution in [1.82, 2.24) is 5.32 Å². The van der Waals surface area contributed by atoms with Crippen LogP contribution in [0.1, 0.15) is 46.6 Å². The van der Waals surface area contributed by atoms with E-state index in [1.165, 1.54) is 5.56 Å². The van der Waals surface area contributed by atoms with E-state index in [1.54, 1.807) is 7.11 Å². The van der Waals surface area contributed by atoms with Crippen molar-refractivity contribution in [3.05, 3.63) is 29.8 Å². The van der Waals surface area contributed by atoms with Crippen LogP contribution >= 0.6 is 0 Å². The fraction of sp³-hybridized carbons (Fsp3) is 0.625. The van der Waals surface area contributed by atoms with E-state index in [4.69, 9.17) is 4.74 Å². The maximum absolute atomic E-state index is 5.16. The van der Waals surface area contributed by atoms with Gasteiger partial charge in [0.25, 0.3) is 0 Å². The molecule has 1 aromatic rings. The van der Waals surface area contributed by atoms with Gasteiger partial charge in [-0.3, -0.25) is 0 Å². The van der Waals surface area contributed by atoms with Crippen molar-refractivity contribution in [2.24, 2.45) is 5.41 Å². The van der Waals surface area contributed by atoms with Gasteiger partial charge in [0, 0.05) is 12.1 Å². The molecule has 18 heavy (non-hydrogen) atoms. The standard InChI is InChI=1S/C16H27NO/c1-15(2,3)12-16(4,5)17-11-13-7-9-14(18-6)10-8-13/h7-10,17H,11-12H2,1-6H3. The van der Waals surface area contributed by atoms with Gasteiger partial charge < -0.3 is 10.1 Å². The molecule has 0 bridgehead atoms. The van der Waals surface area contributed by atoms with Crippen molar-refractivity contribution < 1.29 is 4.74 Å². The van der Waals surface area contributed by atoms with Crippen LogP contribution in [0.2, 0.25) is 0 Å². The minimum absolute atomic E-state index is 0.151. The molecule has 0 saturated heterocycles. The van der Waals surface area contributed by atoms with Crippen molar-refractivity contribution in [2.45, 2.75) is 53.1 Å². The number of ether oxygens (including phenoxy) is 1. The van der Waals surface area contributed by atoms with Crippen LogP contribution in [0.5, 0.6) is 5.75 Å². The van der Waals surface area contributed by atoms with E-state index in [9.17, 15) is 0 Å². The minimum Gasteiger partial charge on any atom is -0.497 e. The van der Waals surface area contributed by atoms with Crippen molar-refractivity contribution in [3.8, 4) is 5.75 Å². The Hall–Kier alpha value is -1.02. The summed E-state index contributed by atoms with van der Waals surface area (Å²) in [4.78, 5) is 0. The zero-order valence-corrected chi connectivity index (χ0v) is 12.6. The molecule has 0 aromatic heterocycles. The number of rotatable bonds is 5. The van der Waals surface area contributed by atoms with Gasteiger partial charge in [0.15, 0.2) is 0 Å². The van der Waals surface area contributed by atoms with Crippen LogP contribution in [0.25, 0.3) is 0 Å². The molecule has 0 aliphatic heterocycles. The number of hydrogen-bond acceptors (Lipinski definition) is 2. The SMILES string of the molecule is COc1ccc(CNC(C)(C)CC(C)(C)C)cc1. The molecular weight excluding hydrogens is 222 g/mol. The summed E-state index contributed by atoms with van der Waals surface area (Å²) in [6.07, 6.45) is 1.15. The molecular formula is C16H27NO. The molecule has 0 atom stereocenters. The molecule has 0 amide bonds. The van der Waals surface area contributed by atoms with Crippen LogP contribution in [-0.4, -0.2) is 12.6 Å². The highest BCUT2D eigenvalue weighted by molar-refractivity contribution is 5.27. The second kappa shape index (κ2) is 5.75. The molecule has 2 nitrogen and oxygen atoms in total. The highest BCUT2D eigenvalue weighted by Crippen LogP contribution is 2.27. The van der Waals surface area contributed by atoms with Crippen LogP contribution in [0.15, 0.2) is 24.3 Å². The first kappa shape index (κ1) is 15.0. The Bertz CT molecular complexity index is 360. The lowest BCUT2D eigenvalue weighted by molar-refractivity contribution is 0.240. The monoisotopic (exact) mass is 249 g/mol. The van der Waals surface area contributed by atoms with Gasteiger partial charge in [0.1, 0.15) is 5.75 Å². The summed E-state index contributed by atoms with van der Waals surface area (Å²) in [6, 6.07) is 8.24. The largest absolute Gasteiger partial charge is 0.497 e. The first-order chi connectivity index (χ1) is 8.22. The molecule has 0 fully saturated rings. The zero-order valence-electron chi connectivity index (χ0n) is 12.6. The Morgan fingerprint density at radius 1 is 1.00 bits per heavy atom. The van der Waals surface area contributed by atoms with E-state index in [0.29, 0.717) is 5.41 Å². The van der Waals surface area contributed by atoms with Crippen LogP contribution < -0.4 is 10.1 Å². The molecule has 0 radical (unpaired) electrons. The van der Waals surface area contributed by atoms with E-state index < -0.39 is 0 Å². The second-order valence-corrected chi connectivity index (χ2v) is 6.82. The maximum Gasteiger partial charge on any atom is 0.118 e. The fourth-order valence-corrected chi connectivity index (χ4v) is 2.47. The van der Waals surface area contributed by atoms with E-state index in [2.05, 4.69) is 52.1 Å². The Morgan fingerprint density at radius 3 is 2.00 bits per heavy atom. The zero-order chi connectivity index (χ0) is 13.8. The number of methoxy groups -OCH3 is 1. The maximum atomic E-state index is 5.16. The average molecular weight is 249 g/mol. The number of benzene rings is 1.